The summed E-state index contributed by atoms with van der Waals surface area (Å²) in [4.78, 5) is 21.7. The molecule has 1 aliphatic heterocycles. The van der Waals surface area contributed by atoms with Crippen molar-refractivity contribution < 1.29 is 19.4 Å². The molecule has 0 spiro atoms. The molecule has 0 radical (unpaired) electrons. The number of aliphatic carboxylic acids is 1. The van der Waals surface area contributed by atoms with Crippen molar-refractivity contribution in [3.63, 3.8) is 0 Å². The van der Waals surface area contributed by atoms with Gasteiger partial charge >= 0.3 is 5.97 Å². The van der Waals surface area contributed by atoms with Crippen molar-refractivity contribution in [2.45, 2.75) is 18.9 Å². The Morgan fingerprint density at radius 2 is 2.00 bits per heavy atom. The minimum atomic E-state index is -0.878. The first-order valence-corrected chi connectivity index (χ1v) is 5.98. The number of anilines is 1. The number of carboxylic acid groups (broad SMARTS) is 1. The highest BCUT2D eigenvalue weighted by molar-refractivity contribution is 5.88. The van der Waals surface area contributed by atoms with Crippen LogP contribution in [0.5, 0.6) is 5.75 Å². The minimum Gasteiger partial charge on any atom is -0.484 e. The van der Waals surface area contributed by atoms with E-state index in [0.29, 0.717) is 24.5 Å². The highest BCUT2D eigenvalue weighted by Crippen LogP contribution is 2.26. The number of rotatable bonds is 5. The van der Waals surface area contributed by atoms with Crippen LogP contribution in [0.15, 0.2) is 24.3 Å². The van der Waals surface area contributed by atoms with Crippen LogP contribution in [0, 0.1) is 0 Å². The first-order valence-electron chi connectivity index (χ1n) is 5.98. The van der Waals surface area contributed by atoms with Gasteiger partial charge in [-0.3, -0.25) is 9.59 Å². The predicted molar refractivity (Wildman–Crippen MR) is 69.2 cm³/mol. The largest absolute Gasteiger partial charge is 0.484 e. The third-order valence-corrected chi connectivity index (χ3v) is 2.88. The van der Waals surface area contributed by atoms with Gasteiger partial charge in [0, 0.05) is 25.7 Å². The Hall–Kier alpha value is -2.08. The molecule has 0 aromatic heterocycles. The van der Waals surface area contributed by atoms with E-state index in [4.69, 9.17) is 9.84 Å². The molecule has 3 N–H and O–H groups in total. The lowest BCUT2D eigenvalue weighted by molar-refractivity contribution is -0.143. The van der Waals surface area contributed by atoms with Crippen LogP contribution in [0.4, 0.5) is 5.69 Å². The van der Waals surface area contributed by atoms with Gasteiger partial charge in [0.2, 0.25) is 5.91 Å². The molecule has 1 aromatic carbocycles. The molecule has 0 bridgehead atoms. The summed E-state index contributed by atoms with van der Waals surface area (Å²) >= 11 is 0. The summed E-state index contributed by atoms with van der Waals surface area (Å²) in [6, 6.07) is 6.87. The van der Waals surface area contributed by atoms with Crippen molar-refractivity contribution >= 4 is 17.6 Å². The first-order chi connectivity index (χ1) is 8.99. The van der Waals surface area contributed by atoms with E-state index < -0.39 is 11.6 Å². The second-order valence-electron chi connectivity index (χ2n) is 4.66. The molecule has 1 amide bonds. The zero-order chi connectivity index (χ0) is 13.9. The van der Waals surface area contributed by atoms with Crippen molar-refractivity contribution in [3.8, 4) is 5.75 Å². The van der Waals surface area contributed by atoms with Gasteiger partial charge in [0.25, 0.3) is 0 Å². The molecule has 1 saturated heterocycles. The molecule has 102 valence electrons. The van der Waals surface area contributed by atoms with Crippen molar-refractivity contribution in [1.29, 1.82) is 0 Å². The second-order valence-corrected chi connectivity index (χ2v) is 4.66. The highest BCUT2D eigenvalue weighted by Gasteiger charge is 2.41. The minimum absolute atomic E-state index is 0.0343. The Morgan fingerprint density at radius 1 is 1.37 bits per heavy atom. The van der Waals surface area contributed by atoms with Crippen LogP contribution in [0.25, 0.3) is 0 Å². The standard InChI is InChI=1S/C13H16N2O4/c1-9(16)15-10-2-4-11(5-3-10)19-13(6-12(17)18)7-14-8-13/h2-5,14H,6-8H2,1H3,(H,15,16)(H,17,18). The molecule has 0 saturated carbocycles. The molecule has 1 heterocycles. The molecule has 1 aliphatic rings. The second kappa shape index (κ2) is 5.27. The van der Waals surface area contributed by atoms with E-state index in [1.807, 2.05) is 0 Å². The van der Waals surface area contributed by atoms with Gasteiger partial charge in [-0.05, 0) is 24.3 Å². The van der Waals surface area contributed by atoms with Crippen molar-refractivity contribution in [2.75, 3.05) is 18.4 Å². The molecular formula is C13H16N2O4. The quantitative estimate of drug-likeness (QED) is 0.733. The molecule has 0 aliphatic carbocycles. The number of hydrogen-bond donors (Lipinski definition) is 3. The fourth-order valence-electron chi connectivity index (χ4n) is 1.97. The van der Waals surface area contributed by atoms with Crippen LogP contribution < -0.4 is 15.4 Å². The molecule has 1 aromatic rings. The van der Waals surface area contributed by atoms with Gasteiger partial charge in [-0.1, -0.05) is 0 Å². The molecular weight excluding hydrogens is 248 g/mol. The number of benzene rings is 1. The fourth-order valence-corrected chi connectivity index (χ4v) is 1.97. The van der Waals surface area contributed by atoms with Crippen LogP contribution in [0.1, 0.15) is 13.3 Å². The van der Waals surface area contributed by atoms with E-state index in [1.165, 1.54) is 6.92 Å². The average molecular weight is 264 g/mol. The van der Waals surface area contributed by atoms with E-state index in [2.05, 4.69) is 10.6 Å². The summed E-state index contributed by atoms with van der Waals surface area (Å²) in [6.07, 6.45) is -0.0343. The van der Waals surface area contributed by atoms with Crippen LogP contribution in [0.2, 0.25) is 0 Å². The molecule has 6 heteroatoms. The number of carboxylic acids is 1. The maximum absolute atomic E-state index is 10.9. The Labute approximate surface area is 110 Å². The summed E-state index contributed by atoms with van der Waals surface area (Å²) in [5.41, 5.74) is 0.0142. The van der Waals surface area contributed by atoms with Crippen LogP contribution in [0.3, 0.4) is 0 Å². The molecule has 0 unspecified atom stereocenters. The van der Waals surface area contributed by atoms with Crippen LogP contribution >= 0.6 is 0 Å². The Kier molecular flexibility index (Phi) is 3.71. The van der Waals surface area contributed by atoms with E-state index in [9.17, 15) is 9.59 Å². The lowest BCUT2D eigenvalue weighted by Gasteiger charge is -2.41. The van der Waals surface area contributed by atoms with Crippen LogP contribution in [-0.4, -0.2) is 35.7 Å². The Balaban J connectivity index is 2.02. The van der Waals surface area contributed by atoms with Gasteiger partial charge < -0.3 is 20.5 Å². The van der Waals surface area contributed by atoms with Gasteiger partial charge in [-0.15, -0.1) is 0 Å². The zero-order valence-electron chi connectivity index (χ0n) is 10.6. The average Bonchev–Trinajstić information content (AvgIpc) is 2.27. The monoisotopic (exact) mass is 264 g/mol. The number of ether oxygens (including phenoxy) is 1. The fraction of sp³-hybridized carbons (Fsp3) is 0.385. The predicted octanol–water partition coefficient (Wildman–Crippen LogP) is 0.840. The van der Waals surface area contributed by atoms with E-state index in [1.54, 1.807) is 24.3 Å². The van der Waals surface area contributed by atoms with Crippen LogP contribution in [-0.2, 0) is 9.59 Å². The lowest BCUT2D eigenvalue weighted by atomic mass is 9.92. The molecule has 1 fully saturated rings. The van der Waals surface area contributed by atoms with Gasteiger partial charge in [0.05, 0.1) is 6.42 Å². The van der Waals surface area contributed by atoms with Gasteiger partial charge in [0.15, 0.2) is 0 Å². The summed E-state index contributed by atoms with van der Waals surface area (Å²) < 4.78 is 5.75. The number of nitrogens with one attached hydrogen (secondary N) is 2. The third kappa shape index (κ3) is 3.45. The number of hydrogen-bond acceptors (Lipinski definition) is 4. The Bertz CT molecular complexity index is 480. The number of amides is 1. The summed E-state index contributed by atoms with van der Waals surface area (Å²) in [5, 5.41) is 14.6. The van der Waals surface area contributed by atoms with Gasteiger partial charge in [-0.2, -0.15) is 0 Å². The van der Waals surface area contributed by atoms with E-state index >= 15 is 0 Å². The summed E-state index contributed by atoms with van der Waals surface area (Å²) in [6.45, 7) is 2.48. The topological polar surface area (TPSA) is 87.7 Å². The van der Waals surface area contributed by atoms with Gasteiger partial charge in [0.1, 0.15) is 11.4 Å². The third-order valence-electron chi connectivity index (χ3n) is 2.88. The van der Waals surface area contributed by atoms with Gasteiger partial charge in [-0.25, -0.2) is 0 Å². The normalized spacial score (nSPS) is 16.3. The van der Waals surface area contributed by atoms with Crippen molar-refractivity contribution in [1.82, 2.24) is 5.32 Å². The molecule has 19 heavy (non-hydrogen) atoms. The number of carbonyl (C=O) groups is 2. The van der Waals surface area contributed by atoms with Crippen molar-refractivity contribution in [3.05, 3.63) is 24.3 Å². The zero-order valence-corrected chi connectivity index (χ0v) is 10.6. The number of carbonyl (C=O) groups excluding carboxylic acids is 1. The van der Waals surface area contributed by atoms with Crippen molar-refractivity contribution in [2.24, 2.45) is 0 Å². The molecule has 2 rings (SSSR count). The lowest BCUT2D eigenvalue weighted by Crippen LogP contribution is -2.64. The smallest absolute Gasteiger partial charge is 0.307 e. The summed E-state index contributed by atoms with van der Waals surface area (Å²) in [5.74, 6) is -0.424. The van der Waals surface area contributed by atoms with E-state index in [-0.39, 0.29) is 12.3 Å². The first kappa shape index (κ1) is 13.4. The molecule has 6 nitrogen and oxygen atoms in total. The van der Waals surface area contributed by atoms with E-state index in [0.717, 1.165) is 0 Å². The maximum atomic E-state index is 10.9. The highest BCUT2D eigenvalue weighted by atomic mass is 16.5. The Morgan fingerprint density at radius 3 is 2.42 bits per heavy atom. The SMILES string of the molecule is CC(=O)Nc1ccc(OC2(CC(=O)O)CNC2)cc1. The maximum Gasteiger partial charge on any atom is 0.307 e. The molecule has 0 atom stereocenters. The summed E-state index contributed by atoms with van der Waals surface area (Å²) in [7, 11) is 0.